The second kappa shape index (κ2) is 5.75. The van der Waals surface area contributed by atoms with Gasteiger partial charge in [0.2, 0.25) is 0 Å². The number of hydrogen-bond donors (Lipinski definition) is 2. The van der Waals surface area contributed by atoms with E-state index >= 15 is 0 Å². The number of benzene rings is 1. The summed E-state index contributed by atoms with van der Waals surface area (Å²) in [7, 11) is 0. The molecule has 0 radical (unpaired) electrons. The fourth-order valence-corrected chi connectivity index (χ4v) is 2.18. The fraction of sp³-hybridized carbons (Fsp3) is 0.188. The van der Waals surface area contributed by atoms with Crippen molar-refractivity contribution in [2.45, 2.75) is 20.8 Å². The van der Waals surface area contributed by atoms with Crippen LogP contribution >= 0.6 is 0 Å². The number of carbonyl (C=O) groups is 2. The minimum Gasteiger partial charge on any atom is -0.478 e. The van der Waals surface area contributed by atoms with Gasteiger partial charge in [-0.15, -0.1) is 0 Å². The van der Waals surface area contributed by atoms with Crippen LogP contribution in [-0.2, 0) is 0 Å². The number of carboxylic acids is 1. The van der Waals surface area contributed by atoms with Crippen LogP contribution in [0.3, 0.4) is 0 Å². The second-order valence-corrected chi connectivity index (χ2v) is 4.90. The van der Waals surface area contributed by atoms with Crippen molar-refractivity contribution in [1.82, 2.24) is 4.98 Å². The number of aromatic carboxylic acids is 1. The SMILES string of the molecule is Cc1cnccc1NC(=O)c1c(C)ccc(C)c1C(=O)O. The van der Waals surface area contributed by atoms with Crippen LogP contribution in [0, 0.1) is 20.8 Å². The molecule has 2 rings (SSSR count). The van der Waals surface area contributed by atoms with Crippen molar-refractivity contribution < 1.29 is 14.7 Å². The maximum absolute atomic E-state index is 12.5. The Kier molecular flexibility index (Phi) is 4.03. The number of rotatable bonds is 3. The van der Waals surface area contributed by atoms with Crippen LogP contribution in [0.1, 0.15) is 37.4 Å². The molecule has 21 heavy (non-hydrogen) atoms. The number of carboxylic acid groups (broad SMARTS) is 1. The molecule has 0 aliphatic rings. The van der Waals surface area contributed by atoms with Gasteiger partial charge in [-0.25, -0.2) is 4.79 Å². The average molecular weight is 284 g/mol. The van der Waals surface area contributed by atoms with Crippen LogP contribution in [0.15, 0.2) is 30.6 Å². The first-order valence-corrected chi connectivity index (χ1v) is 6.47. The number of carbonyl (C=O) groups excluding carboxylic acids is 1. The zero-order valence-electron chi connectivity index (χ0n) is 12.1. The molecule has 0 bridgehead atoms. The smallest absolute Gasteiger partial charge is 0.336 e. The van der Waals surface area contributed by atoms with Crippen LogP contribution < -0.4 is 5.32 Å². The molecule has 0 atom stereocenters. The Morgan fingerprint density at radius 3 is 2.19 bits per heavy atom. The van der Waals surface area contributed by atoms with E-state index < -0.39 is 11.9 Å². The molecule has 5 heteroatoms. The van der Waals surface area contributed by atoms with Crippen LogP contribution in [0.5, 0.6) is 0 Å². The van der Waals surface area contributed by atoms with Crippen molar-refractivity contribution >= 4 is 17.6 Å². The lowest BCUT2D eigenvalue weighted by Gasteiger charge is -2.13. The number of nitrogens with one attached hydrogen (secondary N) is 1. The fourth-order valence-electron chi connectivity index (χ4n) is 2.18. The lowest BCUT2D eigenvalue weighted by molar-refractivity contribution is 0.0691. The first-order valence-electron chi connectivity index (χ1n) is 6.47. The largest absolute Gasteiger partial charge is 0.478 e. The topological polar surface area (TPSA) is 79.3 Å². The molecular weight excluding hydrogens is 268 g/mol. The van der Waals surface area contributed by atoms with Crippen LogP contribution in [-0.4, -0.2) is 22.0 Å². The van der Waals surface area contributed by atoms with Gasteiger partial charge < -0.3 is 10.4 Å². The normalized spacial score (nSPS) is 10.2. The van der Waals surface area contributed by atoms with E-state index in [1.54, 1.807) is 44.4 Å². The minimum absolute atomic E-state index is 0.0409. The maximum Gasteiger partial charge on any atom is 0.336 e. The van der Waals surface area contributed by atoms with Crippen molar-refractivity contribution in [2.75, 3.05) is 5.32 Å². The predicted octanol–water partition coefficient (Wildman–Crippen LogP) is 2.96. The molecule has 108 valence electrons. The third-order valence-electron chi connectivity index (χ3n) is 3.33. The summed E-state index contributed by atoms with van der Waals surface area (Å²) >= 11 is 0. The van der Waals surface area contributed by atoms with Gasteiger partial charge in [-0.05, 0) is 43.5 Å². The molecule has 2 aromatic rings. The van der Waals surface area contributed by atoms with E-state index in [0.29, 0.717) is 16.8 Å². The highest BCUT2D eigenvalue weighted by Crippen LogP contribution is 2.21. The van der Waals surface area contributed by atoms with Crippen LogP contribution in [0.25, 0.3) is 0 Å². The number of amides is 1. The van der Waals surface area contributed by atoms with Crippen molar-refractivity contribution in [1.29, 1.82) is 0 Å². The quantitative estimate of drug-likeness (QED) is 0.908. The van der Waals surface area contributed by atoms with Crippen LogP contribution in [0.2, 0.25) is 0 Å². The van der Waals surface area contributed by atoms with Crippen molar-refractivity contribution in [2.24, 2.45) is 0 Å². The van der Waals surface area contributed by atoms with Crippen molar-refractivity contribution in [3.8, 4) is 0 Å². The van der Waals surface area contributed by atoms with E-state index in [1.807, 2.05) is 6.92 Å². The van der Waals surface area contributed by atoms with E-state index in [4.69, 9.17) is 0 Å². The van der Waals surface area contributed by atoms with E-state index in [0.717, 1.165) is 5.56 Å². The summed E-state index contributed by atoms with van der Waals surface area (Å²) in [6.45, 7) is 5.22. The zero-order chi connectivity index (χ0) is 15.6. The lowest BCUT2D eigenvalue weighted by Crippen LogP contribution is -2.19. The van der Waals surface area contributed by atoms with Crippen molar-refractivity contribution in [3.05, 3.63) is 58.4 Å². The Balaban J connectivity index is 2.47. The molecule has 2 N–H and O–H groups in total. The van der Waals surface area contributed by atoms with Gasteiger partial charge in [0.15, 0.2) is 0 Å². The molecule has 1 aromatic carbocycles. The monoisotopic (exact) mass is 284 g/mol. The summed E-state index contributed by atoms with van der Waals surface area (Å²) in [4.78, 5) is 27.9. The molecule has 1 amide bonds. The summed E-state index contributed by atoms with van der Waals surface area (Å²) < 4.78 is 0. The van der Waals surface area contributed by atoms with Gasteiger partial charge in [-0.1, -0.05) is 12.1 Å². The number of nitrogens with zero attached hydrogens (tertiary/aromatic N) is 1. The van der Waals surface area contributed by atoms with Gasteiger partial charge in [-0.2, -0.15) is 0 Å². The third-order valence-corrected chi connectivity index (χ3v) is 3.33. The van der Waals surface area contributed by atoms with Gasteiger partial charge in [-0.3, -0.25) is 9.78 Å². The zero-order valence-corrected chi connectivity index (χ0v) is 12.1. The summed E-state index contributed by atoms with van der Waals surface area (Å²) in [5.41, 5.74) is 2.85. The molecule has 1 heterocycles. The molecule has 0 saturated carbocycles. The first kappa shape index (κ1) is 14.7. The van der Waals surface area contributed by atoms with Gasteiger partial charge in [0.25, 0.3) is 5.91 Å². The van der Waals surface area contributed by atoms with Gasteiger partial charge in [0.1, 0.15) is 0 Å². The first-order chi connectivity index (χ1) is 9.91. The molecule has 5 nitrogen and oxygen atoms in total. The van der Waals surface area contributed by atoms with E-state index in [-0.39, 0.29) is 11.1 Å². The highest BCUT2D eigenvalue weighted by molar-refractivity contribution is 6.12. The third kappa shape index (κ3) is 2.91. The average Bonchev–Trinajstić information content (AvgIpc) is 2.43. The summed E-state index contributed by atoms with van der Waals surface area (Å²) in [5, 5.41) is 12.1. The Labute approximate surface area is 122 Å². The van der Waals surface area contributed by atoms with Crippen LogP contribution in [0.4, 0.5) is 5.69 Å². The number of aryl methyl sites for hydroxylation is 3. The van der Waals surface area contributed by atoms with E-state index in [9.17, 15) is 14.7 Å². The highest BCUT2D eigenvalue weighted by atomic mass is 16.4. The van der Waals surface area contributed by atoms with Gasteiger partial charge in [0.05, 0.1) is 11.1 Å². The molecule has 0 aliphatic heterocycles. The molecule has 0 fully saturated rings. The second-order valence-electron chi connectivity index (χ2n) is 4.90. The van der Waals surface area contributed by atoms with E-state index in [2.05, 4.69) is 10.3 Å². The minimum atomic E-state index is -1.10. The molecule has 0 saturated heterocycles. The molecule has 1 aromatic heterocycles. The lowest BCUT2D eigenvalue weighted by atomic mass is 9.96. The number of anilines is 1. The summed E-state index contributed by atoms with van der Waals surface area (Å²) in [6, 6.07) is 5.13. The Morgan fingerprint density at radius 1 is 1.00 bits per heavy atom. The number of hydrogen-bond acceptors (Lipinski definition) is 3. The maximum atomic E-state index is 12.5. The molecule has 0 spiro atoms. The molecule has 0 aliphatic carbocycles. The molecular formula is C16H16N2O3. The highest BCUT2D eigenvalue weighted by Gasteiger charge is 2.21. The van der Waals surface area contributed by atoms with E-state index in [1.165, 1.54) is 0 Å². The summed E-state index contributed by atoms with van der Waals surface area (Å²) in [5.74, 6) is -1.53. The number of aromatic nitrogens is 1. The van der Waals surface area contributed by atoms with Crippen molar-refractivity contribution in [3.63, 3.8) is 0 Å². The molecule has 0 unspecified atom stereocenters. The predicted molar refractivity (Wildman–Crippen MR) is 79.8 cm³/mol. The number of pyridine rings is 1. The standard InChI is InChI=1S/C16H16N2O3/c1-9-4-5-10(2)14(16(20)21)13(9)15(19)18-12-6-7-17-8-11(12)3/h4-8H,1-3H3,(H,20,21)(H,17,18,19). The Morgan fingerprint density at radius 2 is 1.62 bits per heavy atom. The Bertz CT molecular complexity index is 723. The van der Waals surface area contributed by atoms with Gasteiger partial charge >= 0.3 is 5.97 Å². The van der Waals surface area contributed by atoms with Gasteiger partial charge in [0, 0.05) is 18.1 Å². The summed E-state index contributed by atoms with van der Waals surface area (Å²) in [6.07, 6.45) is 3.21. The Hall–Kier alpha value is -2.69.